The van der Waals surface area contributed by atoms with Crippen LogP contribution < -0.4 is 10.2 Å². The summed E-state index contributed by atoms with van der Waals surface area (Å²) in [6.45, 7) is 6.40. The number of piperidine rings is 1. The van der Waals surface area contributed by atoms with Crippen molar-refractivity contribution in [3.8, 4) is 0 Å². The first-order chi connectivity index (χ1) is 12.3. The second kappa shape index (κ2) is 7.56. The van der Waals surface area contributed by atoms with Crippen molar-refractivity contribution in [1.82, 2.24) is 20.1 Å². The topological polar surface area (TPSA) is 46.0 Å². The van der Waals surface area contributed by atoms with Gasteiger partial charge in [0.05, 0.1) is 6.54 Å². The Kier molecular flexibility index (Phi) is 5.02. The summed E-state index contributed by atoms with van der Waals surface area (Å²) < 4.78 is 2.10. The van der Waals surface area contributed by atoms with Crippen LogP contribution in [0.4, 0.5) is 5.69 Å². The lowest BCUT2D eigenvalue weighted by molar-refractivity contribution is 0.357. The van der Waals surface area contributed by atoms with Crippen molar-refractivity contribution in [3.05, 3.63) is 41.5 Å². The smallest absolute Gasteiger partial charge is 0.150 e. The van der Waals surface area contributed by atoms with Gasteiger partial charge in [-0.05, 0) is 43.4 Å². The van der Waals surface area contributed by atoms with Gasteiger partial charge in [-0.1, -0.05) is 19.1 Å². The Morgan fingerprint density at radius 2 is 1.92 bits per heavy atom. The SMILES string of the molecule is CCc1nc2n(n1)C[C@H](NCc1ccc(N3CCCCC3)cc1)CC2. The minimum absolute atomic E-state index is 0.487. The minimum Gasteiger partial charge on any atom is -0.372 e. The molecule has 0 unspecified atom stereocenters. The van der Waals surface area contributed by atoms with Crippen LogP contribution in [-0.2, 0) is 25.9 Å². The number of anilines is 1. The molecule has 0 radical (unpaired) electrons. The summed E-state index contributed by atoms with van der Waals surface area (Å²) in [5, 5.41) is 8.30. The van der Waals surface area contributed by atoms with E-state index >= 15 is 0 Å². The zero-order valence-corrected chi connectivity index (χ0v) is 15.2. The van der Waals surface area contributed by atoms with E-state index in [0.717, 1.165) is 44.0 Å². The van der Waals surface area contributed by atoms with Gasteiger partial charge in [0.2, 0.25) is 0 Å². The molecule has 134 valence electrons. The van der Waals surface area contributed by atoms with Crippen molar-refractivity contribution in [2.24, 2.45) is 0 Å². The highest BCUT2D eigenvalue weighted by atomic mass is 15.4. The lowest BCUT2D eigenvalue weighted by atomic mass is 10.1. The normalized spacial score (nSPS) is 20.5. The monoisotopic (exact) mass is 339 g/mol. The number of nitrogens with one attached hydrogen (secondary N) is 1. The molecule has 25 heavy (non-hydrogen) atoms. The molecule has 5 nitrogen and oxygen atoms in total. The van der Waals surface area contributed by atoms with Crippen molar-refractivity contribution in [3.63, 3.8) is 0 Å². The second-order valence-electron chi connectivity index (χ2n) is 7.31. The molecule has 2 aliphatic rings. The number of aromatic nitrogens is 3. The Hall–Kier alpha value is -1.88. The van der Waals surface area contributed by atoms with E-state index in [1.54, 1.807) is 0 Å². The van der Waals surface area contributed by atoms with Gasteiger partial charge in [-0.2, -0.15) is 5.10 Å². The Labute approximate surface area is 150 Å². The fraction of sp³-hybridized carbons (Fsp3) is 0.600. The van der Waals surface area contributed by atoms with Crippen molar-refractivity contribution in [2.75, 3.05) is 18.0 Å². The van der Waals surface area contributed by atoms with Gasteiger partial charge in [0.15, 0.2) is 5.82 Å². The molecule has 2 aromatic rings. The highest BCUT2D eigenvalue weighted by Gasteiger charge is 2.20. The number of hydrogen-bond donors (Lipinski definition) is 1. The molecule has 2 aliphatic heterocycles. The number of fused-ring (bicyclic) bond motifs is 1. The lowest BCUT2D eigenvalue weighted by Crippen LogP contribution is -2.37. The van der Waals surface area contributed by atoms with Crippen LogP contribution >= 0.6 is 0 Å². The molecule has 0 spiro atoms. The summed E-state index contributed by atoms with van der Waals surface area (Å²) in [6.07, 6.45) is 7.13. The van der Waals surface area contributed by atoms with Crippen LogP contribution in [0.3, 0.4) is 0 Å². The Bertz CT molecular complexity index is 685. The molecule has 0 saturated carbocycles. The van der Waals surface area contributed by atoms with Gasteiger partial charge in [-0.15, -0.1) is 0 Å². The first-order valence-corrected chi connectivity index (χ1v) is 9.81. The Morgan fingerprint density at radius 3 is 2.68 bits per heavy atom. The Morgan fingerprint density at radius 1 is 1.12 bits per heavy atom. The molecule has 5 heteroatoms. The molecule has 1 N–H and O–H groups in total. The van der Waals surface area contributed by atoms with Gasteiger partial charge in [-0.3, -0.25) is 0 Å². The lowest BCUT2D eigenvalue weighted by Gasteiger charge is -2.29. The zero-order valence-electron chi connectivity index (χ0n) is 15.2. The van der Waals surface area contributed by atoms with E-state index in [-0.39, 0.29) is 0 Å². The average Bonchev–Trinajstić information content (AvgIpc) is 3.10. The van der Waals surface area contributed by atoms with Crippen LogP contribution in [0.25, 0.3) is 0 Å². The maximum atomic E-state index is 4.60. The fourth-order valence-electron chi connectivity index (χ4n) is 3.92. The van der Waals surface area contributed by atoms with Crippen molar-refractivity contribution in [2.45, 2.75) is 64.6 Å². The molecule has 1 aromatic heterocycles. The van der Waals surface area contributed by atoms with Crippen LogP contribution in [0.1, 0.15) is 49.8 Å². The average molecular weight is 339 g/mol. The summed E-state index contributed by atoms with van der Waals surface area (Å²) in [6, 6.07) is 9.60. The molecule has 4 rings (SSSR count). The summed E-state index contributed by atoms with van der Waals surface area (Å²) in [7, 11) is 0. The summed E-state index contributed by atoms with van der Waals surface area (Å²) in [5.74, 6) is 2.13. The second-order valence-corrected chi connectivity index (χ2v) is 7.31. The number of hydrogen-bond acceptors (Lipinski definition) is 4. The third-order valence-corrected chi connectivity index (χ3v) is 5.47. The van der Waals surface area contributed by atoms with E-state index in [4.69, 9.17) is 0 Å². The van der Waals surface area contributed by atoms with E-state index < -0.39 is 0 Å². The maximum absolute atomic E-state index is 4.60. The van der Waals surface area contributed by atoms with Gasteiger partial charge in [0.25, 0.3) is 0 Å². The van der Waals surface area contributed by atoms with E-state index in [1.165, 1.54) is 43.6 Å². The largest absolute Gasteiger partial charge is 0.372 e. The van der Waals surface area contributed by atoms with Crippen LogP contribution in [0, 0.1) is 0 Å². The fourth-order valence-corrected chi connectivity index (χ4v) is 3.92. The molecular weight excluding hydrogens is 310 g/mol. The number of nitrogens with zero attached hydrogens (tertiary/aromatic N) is 4. The molecule has 0 amide bonds. The third-order valence-electron chi connectivity index (χ3n) is 5.47. The van der Waals surface area contributed by atoms with Gasteiger partial charge >= 0.3 is 0 Å². The summed E-state index contributed by atoms with van der Waals surface area (Å²) >= 11 is 0. The highest BCUT2D eigenvalue weighted by molar-refractivity contribution is 5.47. The molecule has 1 aromatic carbocycles. The van der Waals surface area contributed by atoms with E-state index in [1.807, 2.05) is 0 Å². The van der Waals surface area contributed by atoms with E-state index in [2.05, 4.69) is 56.2 Å². The molecule has 0 aliphatic carbocycles. The molecular formula is C20H29N5. The maximum Gasteiger partial charge on any atom is 0.150 e. The van der Waals surface area contributed by atoms with Crippen molar-refractivity contribution < 1.29 is 0 Å². The molecule has 1 fully saturated rings. The number of aryl methyl sites for hydroxylation is 2. The van der Waals surface area contributed by atoms with Crippen molar-refractivity contribution in [1.29, 1.82) is 0 Å². The molecule has 1 saturated heterocycles. The van der Waals surface area contributed by atoms with E-state index in [0.29, 0.717) is 6.04 Å². The predicted molar refractivity (Wildman–Crippen MR) is 101 cm³/mol. The molecule has 3 heterocycles. The third kappa shape index (κ3) is 3.87. The standard InChI is InChI=1S/C20H29N5/c1-2-19-22-20-11-8-17(15-25(20)23-19)21-14-16-6-9-18(10-7-16)24-12-4-3-5-13-24/h6-7,9-10,17,21H,2-5,8,11-15H2,1H3/t17-/m1/s1. The number of rotatable bonds is 5. The van der Waals surface area contributed by atoms with Crippen LogP contribution in [0.2, 0.25) is 0 Å². The quantitative estimate of drug-likeness (QED) is 0.910. The molecule has 1 atom stereocenters. The highest BCUT2D eigenvalue weighted by Crippen LogP contribution is 2.20. The van der Waals surface area contributed by atoms with E-state index in [9.17, 15) is 0 Å². The predicted octanol–water partition coefficient (Wildman–Crippen LogP) is 2.94. The minimum atomic E-state index is 0.487. The zero-order chi connectivity index (χ0) is 17.1. The van der Waals surface area contributed by atoms with Crippen molar-refractivity contribution >= 4 is 5.69 Å². The van der Waals surface area contributed by atoms with Crippen LogP contribution in [-0.4, -0.2) is 33.9 Å². The van der Waals surface area contributed by atoms with Crippen LogP contribution in [0.15, 0.2) is 24.3 Å². The van der Waals surface area contributed by atoms with Gasteiger partial charge in [0.1, 0.15) is 5.82 Å². The Balaban J connectivity index is 1.31. The van der Waals surface area contributed by atoms with Gasteiger partial charge in [-0.25, -0.2) is 9.67 Å². The summed E-state index contributed by atoms with van der Waals surface area (Å²) in [4.78, 5) is 7.11. The summed E-state index contributed by atoms with van der Waals surface area (Å²) in [5.41, 5.74) is 2.74. The molecule has 0 bridgehead atoms. The first kappa shape index (κ1) is 16.6. The number of benzene rings is 1. The van der Waals surface area contributed by atoms with Crippen LogP contribution in [0.5, 0.6) is 0 Å². The first-order valence-electron chi connectivity index (χ1n) is 9.81. The van der Waals surface area contributed by atoms with Gasteiger partial charge < -0.3 is 10.2 Å². The van der Waals surface area contributed by atoms with Gasteiger partial charge in [0, 0.05) is 44.2 Å².